The van der Waals surface area contributed by atoms with E-state index in [2.05, 4.69) is 15.3 Å². The van der Waals surface area contributed by atoms with E-state index >= 15 is 0 Å². The van der Waals surface area contributed by atoms with E-state index in [-0.39, 0.29) is 18.6 Å². The van der Waals surface area contributed by atoms with Gasteiger partial charge in [-0.3, -0.25) is 4.79 Å². The standard InChI is InChI=1S/C11H16N4O2/c1-2-17-8-10(16)15-6-9(7-15)14-11-12-4-3-5-13-11/h3-5,9H,2,6-8H2,1H3,(H,12,13,14). The number of hydrogen-bond acceptors (Lipinski definition) is 5. The van der Waals surface area contributed by atoms with Crippen LogP contribution in [0.4, 0.5) is 5.95 Å². The van der Waals surface area contributed by atoms with Crippen LogP contribution >= 0.6 is 0 Å². The number of rotatable bonds is 5. The number of anilines is 1. The van der Waals surface area contributed by atoms with Crippen molar-refractivity contribution in [1.82, 2.24) is 14.9 Å². The molecule has 0 atom stereocenters. The first-order valence-corrected chi connectivity index (χ1v) is 5.68. The van der Waals surface area contributed by atoms with Crippen LogP contribution in [0.25, 0.3) is 0 Å². The predicted molar refractivity (Wildman–Crippen MR) is 62.5 cm³/mol. The second-order valence-electron chi connectivity index (χ2n) is 3.85. The number of aromatic nitrogens is 2. The average Bonchev–Trinajstić information content (AvgIpc) is 2.31. The summed E-state index contributed by atoms with van der Waals surface area (Å²) in [7, 11) is 0. The maximum absolute atomic E-state index is 11.5. The van der Waals surface area contributed by atoms with Gasteiger partial charge in [0.15, 0.2) is 0 Å². The average molecular weight is 236 g/mol. The molecule has 1 aromatic heterocycles. The van der Waals surface area contributed by atoms with E-state index in [1.165, 1.54) is 0 Å². The summed E-state index contributed by atoms with van der Waals surface area (Å²) in [5.41, 5.74) is 0. The Morgan fingerprint density at radius 2 is 2.24 bits per heavy atom. The predicted octanol–water partition coefficient (Wildman–Crippen LogP) is 0.136. The quantitative estimate of drug-likeness (QED) is 0.787. The van der Waals surface area contributed by atoms with Gasteiger partial charge in [0.2, 0.25) is 11.9 Å². The second-order valence-corrected chi connectivity index (χ2v) is 3.85. The van der Waals surface area contributed by atoms with Gasteiger partial charge in [-0.1, -0.05) is 0 Å². The van der Waals surface area contributed by atoms with Gasteiger partial charge >= 0.3 is 0 Å². The minimum absolute atomic E-state index is 0.0406. The summed E-state index contributed by atoms with van der Waals surface area (Å²) in [4.78, 5) is 21.4. The lowest BCUT2D eigenvalue weighted by Gasteiger charge is -2.39. The van der Waals surface area contributed by atoms with Crippen LogP contribution in [0.2, 0.25) is 0 Å². The third-order valence-electron chi connectivity index (χ3n) is 2.56. The van der Waals surface area contributed by atoms with E-state index in [9.17, 15) is 4.79 Å². The van der Waals surface area contributed by atoms with Crippen LogP contribution in [0, 0.1) is 0 Å². The Labute approximate surface area is 100 Å². The smallest absolute Gasteiger partial charge is 0.248 e. The number of hydrogen-bond donors (Lipinski definition) is 1. The largest absolute Gasteiger partial charge is 0.372 e. The van der Waals surface area contributed by atoms with Gasteiger partial charge in [-0.05, 0) is 13.0 Å². The third-order valence-corrected chi connectivity index (χ3v) is 2.56. The first-order valence-electron chi connectivity index (χ1n) is 5.68. The van der Waals surface area contributed by atoms with Crippen LogP contribution in [-0.2, 0) is 9.53 Å². The summed E-state index contributed by atoms with van der Waals surface area (Å²) >= 11 is 0. The molecule has 6 heteroatoms. The van der Waals surface area contributed by atoms with Crippen molar-refractivity contribution in [2.45, 2.75) is 13.0 Å². The molecule has 0 aliphatic carbocycles. The van der Waals surface area contributed by atoms with Gasteiger partial charge in [0, 0.05) is 32.1 Å². The molecule has 0 radical (unpaired) electrons. The molecule has 0 bridgehead atoms. The van der Waals surface area contributed by atoms with Gasteiger partial charge < -0.3 is 15.0 Å². The molecule has 1 amide bonds. The minimum Gasteiger partial charge on any atom is -0.372 e. The molecule has 92 valence electrons. The summed E-state index contributed by atoms with van der Waals surface area (Å²) < 4.78 is 5.07. The van der Waals surface area contributed by atoms with E-state index in [0.29, 0.717) is 25.6 Å². The molecule has 0 unspecified atom stereocenters. The van der Waals surface area contributed by atoms with Crippen molar-refractivity contribution in [3.05, 3.63) is 18.5 Å². The second kappa shape index (κ2) is 5.58. The van der Waals surface area contributed by atoms with Crippen LogP contribution in [0.5, 0.6) is 0 Å². The molecule has 1 aromatic rings. The SMILES string of the molecule is CCOCC(=O)N1CC(Nc2ncccn2)C1. The number of amides is 1. The zero-order chi connectivity index (χ0) is 12.1. The lowest BCUT2D eigenvalue weighted by molar-refractivity contribution is -0.139. The summed E-state index contributed by atoms with van der Waals surface area (Å²) in [6.07, 6.45) is 3.37. The van der Waals surface area contributed by atoms with Crippen LogP contribution < -0.4 is 5.32 Å². The van der Waals surface area contributed by atoms with Crippen molar-refractivity contribution < 1.29 is 9.53 Å². The maximum Gasteiger partial charge on any atom is 0.248 e. The Morgan fingerprint density at radius 1 is 1.53 bits per heavy atom. The monoisotopic (exact) mass is 236 g/mol. The lowest BCUT2D eigenvalue weighted by Crippen LogP contribution is -2.58. The van der Waals surface area contributed by atoms with Crippen molar-refractivity contribution in [3.63, 3.8) is 0 Å². The fourth-order valence-electron chi connectivity index (χ4n) is 1.61. The van der Waals surface area contributed by atoms with E-state index in [1.807, 2.05) is 6.92 Å². The summed E-state index contributed by atoms with van der Waals surface area (Å²) in [5, 5.41) is 3.16. The Bertz CT molecular complexity index is 365. The highest BCUT2D eigenvalue weighted by Crippen LogP contribution is 2.12. The van der Waals surface area contributed by atoms with Crippen LogP contribution in [-0.4, -0.2) is 53.1 Å². The molecule has 1 saturated heterocycles. The van der Waals surface area contributed by atoms with Gasteiger partial charge in [-0.25, -0.2) is 9.97 Å². The number of carbonyl (C=O) groups is 1. The molecule has 0 aromatic carbocycles. The molecule has 1 aliphatic rings. The Morgan fingerprint density at radius 3 is 2.88 bits per heavy atom. The Hall–Kier alpha value is -1.69. The molecule has 1 aliphatic heterocycles. The van der Waals surface area contributed by atoms with Crippen molar-refractivity contribution >= 4 is 11.9 Å². The first-order chi connectivity index (χ1) is 8.29. The molecule has 1 fully saturated rings. The van der Waals surface area contributed by atoms with Gasteiger partial charge in [0.05, 0.1) is 6.04 Å². The maximum atomic E-state index is 11.5. The molecule has 1 N–H and O–H groups in total. The summed E-state index contributed by atoms with van der Waals surface area (Å²) in [6.45, 7) is 3.99. The highest BCUT2D eigenvalue weighted by atomic mass is 16.5. The number of nitrogens with one attached hydrogen (secondary N) is 1. The summed E-state index contributed by atoms with van der Waals surface area (Å²) in [6, 6.07) is 2.01. The number of ether oxygens (including phenoxy) is 1. The van der Waals surface area contributed by atoms with Crippen molar-refractivity contribution in [3.8, 4) is 0 Å². The van der Waals surface area contributed by atoms with Gasteiger partial charge in [0.25, 0.3) is 0 Å². The van der Waals surface area contributed by atoms with E-state index in [0.717, 1.165) is 0 Å². The van der Waals surface area contributed by atoms with Crippen LogP contribution in [0.1, 0.15) is 6.92 Å². The lowest BCUT2D eigenvalue weighted by atomic mass is 10.1. The molecule has 6 nitrogen and oxygen atoms in total. The van der Waals surface area contributed by atoms with E-state index < -0.39 is 0 Å². The highest BCUT2D eigenvalue weighted by Gasteiger charge is 2.30. The van der Waals surface area contributed by atoms with Gasteiger partial charge in [-0.15, -0.1) is 0 Å². The molecule has 0 saturated carbocycles. The molecular formula is C11H16N4O2. The Balaban J connectivity index is 1.70. The number of carbonyl (C=O) groups excluding carboxylic acids is 1. The van der Waals surface area contributed by atoms with Gasteiger partial charge in [0.1, 0.15) is 6.61 Å². The molecule has 2 heterocycles. The number of nitrogens with zero attached hydrogens (tertiary/aromatic N) is 3. The molecule has 17 heavy (non-hydrogen) atoms. The van der Waals surface area contributed by atoms with Crippen LogP contribution in [0.3, 0.4) is 0 Å². The van der Waals surface area contributed by atoms with Crippen molar-refractivity contribution in [2.24, 2.45) is 0 Å². The fraction of sp³-hybridized carbons (Fsp3) is 0.545. The minimum atomic E-state index is 0.0406. The highest BCUT2D eigenvalue weighted by molar-refractivity contribution is 5.78. The topological polar surface area (TPSA) is 67.3 Å². The van der Waals surface area contributed by atoms with Crippen molar-refractivity contribution in [1.29, 1.82) is 0 Å². The molecule has 0 spiro atoms. The Kier molecular flexibility index (Phi) is 3.87. The van der Waals surface area contributed by atoms with E-state index in [1.54, 1.807) is 23.4 Å². The van der Waals surface area contributed by atoms with E-state index in [4.69, 9.17) is 4.74 Å². The first kappa shape index (κ1) is 11.8. The molecule has 2 rings (SSSR count). The third kappa shape index (κ3) is 3.13. The number of likely N-dealkylation sites (tertiary alicyclic amines) is 1. The normalized spacial score (nSPS) is 15.5. The fourth-order valence-corrected chi connectivity index (χ4v) is 1.61. The van der Waals surface area contributed by atoms with Crippen LogP contribution in [0.15, 0.2) is 18.5 Å². The zero-order valence-corrected chi connectivity index (χ0v) is 9.80. The van der Waals surface area contributed by atoms with Crippen molar-refractivity contribution in [2.75, 3.05) is 31.6 Å². The van der Waals surface area contributed by atoms with Gasteiger partial charge in [-0.2, -0.15) is 0 Å². The summed E-state index contributed by atoms with van der Waals surface area (Å²) in [5.74, 6) is 0.647. The molecular weight excluding hydrogens is 220 g/mol. The zero-order valence-electron chi connectivity index (χ0n) is 9.80.